The molecule has 0 saturated heterocycles. The molecular formula is C14H18N2O. The van der Waals surface area contributed by atoms with E-state index in [1.807, 2.05) is 25.1 Å². The van der Waals surface area contributed by atoms with Crippen LogP contribution in [0.4, 0.5) is 5.69 Å². The number of fused-ring (bicyclic) bond motifs is 1. The largest absolute Gasteiger partial charge is 0.497 e. The van der Waals surface area contributed by atoms with Crippen LogP contribution in [-0.4, -0.2) is 12.1 Å². The van der Waals surface area contributed by atoms with E-state index in [0.717, 1.165) is 33.6 Å². The van der Waals surface area contributed by atoms with Crippen molar-refractivity contribution in [1.29, 1.82) is 0 Å². The van der Waals surface area contributed by atoms with Gasteiger partial charge in [0.1, 0.15) is 5.75 Å². The van der Waals surface area contributed by atoms with Gasteiger partial charge in [-0.15, -0.1) is 0 Å². The van der Waals surface area contributed by atoms with E-state index in [9.17, 15) is 0 Å². The van der Waals surface area contributed by atoms with E-state index >= 15 is 0 Å². The number of hydrogen-bond donors (Lipinski definition) is 1. The van der Waals surface area contributed by atoms with Crippen molar-refractivity contribution in [2.75, 3.05) is 12.8 Å². The number of methoxy groups -OCH3 is 1. The number of ether oxygens (including phenoxy) is 1. The van der Waals surface area contributed by atoms with Crippen LogP contribution < -0.4 is 10.5 Å². The summed E-state index contributed by atoms with van der Waals surface area (Å²) in [6.45, 7) is 6.26. The molecule has 0 aliphatic heterocycles. The van der Waals surface area contributed by atoms with Gasteiger partial charge in [0.15, 0.2) is 0 Å². The first-order valence-corrected chi connectivity index (χ1v) is 5.77. The minimum atomic E-state index is 0.378. The average molecular weight is 230 g/mol. The van der Waals surface area contributed by atoms with E-state index in [-0.39, 0.29) is 0 Å². The van der Waals surface area contributed by atoms with Crippen molar-refractivity contribution in [2.45, 2.75) is 26.7 Å². The van der Waals surface area contributed by atoms with Crippen LogP contribution in [0.1, 0.15) is 31.0 Å². The Morgan fingerprint density at radius 1 is 1.24 bits per heavy atom. The topological polar surface area (TPSA) is 48.1 Å². The highest BCUT2D eigenvalue weighted by atomic mass is 16.5. The van der Waals surface area contributed by atoms with Gasteiger partial charge < -0.3 is 10.5 Å². The normalized spacial score (nSPS) is 11.1. The van der Waals surface area contributed by atoms with E-state index in [1.165, 1.54) is 0 Å². The smallest absolute Gasteiger partial charge is 0.119 e. The van der Waals surface area contributed by atoms with Crippen LogP contribution in [0.3, 0.4) is 0 Å². The predicted octanol–water partition coefficient (Wildman–Crippen LogP) is 3.26. The third-order valence-electron chi connectivity index (χ3n) is 2.96. The molecule has 0 unspecified atom stereocenters. The molecule has 0 saturated carbocycles. The van der Waals surface area contributed by atoms with Crippen LogP contribution in [0.15, 0.2) is 18.2 Å². The summed E-state index contributed by atoms with van der Waals surface area (Å²) in [7, 11) is 1.66. The zero-order chi connectivity index (χ0) is 12.6. The summed E-state index contributed by atoms with van der Waals surface area (Å²) < 4.78 is 5.25. The quantitative estimate of drug-likeness (QED) is 0.861. The van der Waals surface area contributed by atoms with E-state index in [4.69, 9.17) is 10.5 Å². The number of anilines is 1. The molecule has 2 N–H and O–H groups in total. The molecule has 0 bridgehead atoms. The van der Waals surface area contributed by atoms with Gasteiger partial charge >= 0.3 is 0 Å². The summed E-state index contributed by atoms with van der Waals surface area (Å²) in [6, 6.07) is 5.87. The molecule has 90 valence electrons. The molecule has 0 amide bonds. The molecular weight excluding hydrogens is 212 g/mol. The van der Waals surface area contributed by atoms with Crippen LogP contribution in [0.2, 0.25) is 0 Å². The van der Waals surface area contributed by atoms with Crippen molar-refractivity contribution in [1.82, 2.24) is 4.98 Å². The molecule has 0 radical (unpaired) electrons. The lowest BCUT2D eigenvalue weighted by Crippen LogP contribution is -1.99. The molecule has 0 atom stereocenters. The Kier molecular flexibility index (Phi) is 2.92. The van der Waals surface area contributed by atoms with Gasteiger partial charge in [-0.2, -0.15) is 0 Å². The van der Waals surface area contributed by atoms with Crippen molar-refractivity contribution >= 4 is 16.6 Å². The van der Waals surface area contributed by atoms with Crippen LogP contribution in [0, 0.1) is 6.92 Å². The van der Waals surface area contributed by atoms with Crippen LogP contribution >= 0.6 is 0 Å². The fourth-order valence-electron chi connectivity index (χ4n) is 1.93. The Balaban J connectivity index is 2.76. The molecule has 3 heteroatoms. The van der Waals surface area contributed by atoms with Gasteiger partial charge in [-0.1, -0.05) is 13.8 Å². The summed E-state index contributed by atoms with van der Waals surface area (Å²) in [5.74, 6) is 1.20. The van der Waals surface area contributed by atoms with Gasteiger partial charge in [-0.25, -0.2) is 0 Å². The molecule has 1 heterocycles. The van der Waals surface area contributed by atoms with E-state index < -0.39 is 0 Å². The first-order valence-electron chi connectivity index (χ1n) is 5.77. The summed E-state index contributed by atoms with van der Waals surface area (Å²) in [5.41, 5.74) is 9.95. The minimum Gasteiger partial charge on any atom is -0.497 e. The van der Waals surface area contributed by atoms with Crippen LogP contribution in [0.25, 0.3) is 10.9 Å². The van der Waals surface area contributed by atoms with Gasteiger partial charge in [-0.05, 0) is 36.6 Å². The number of nitrogens with two attached hydrogens (primary N) is 1. The van der Waals surface area contributed by atoms with Gasteiger partial charge in [0.25, 0.3) is 0 Å². The van der Waals surface area contributed by atoms with E-state index in [2.05, 4.69) is 18.8 Å². The molecule has 0 spiro atoms. The molecule has 3 nitrogen and oxygen atoms in total. The zero-order valence-corrected chi connectivity index (χ0v) is 10.7. The lowest BCUT2D eigenvalue weighted by atomic mass is 10.0. The number of rotatable bonds is 2. The lowest BCUT2D eigenvalue weighted by Gasteiger charge is -2.12. The third-order valence-corrected chi connectivity index (χ3v) is 2.96. The summed E-state index contributed by atoms with van der Waals surface area (Å²) in [6.07, 6.45) is 0. The first kappa shape index (κ1) is 11.7. The Bertz CT molecular complexity index is 562. The van der Waals surface area contributed by atoms with Gasteiger partial charge in [-0.3, -0.25) is 4.98 Å². The Morgan fingerprint density at radius 2 is 1.94 bits per heavy atom. The highest BCUT2D eigenvalue weighted by Crippen LogP contribution is 2.29. The number of nitrogens with zero attached hydrogens (tertiary/aromatic N) is 1. The number of hydrogen-bond acceptors (Lipinski definition) is 3. The Labute approximate surface area is 102 Å². The van der Waals surface area contributed by atoms with Crippen LogP contribution in [0.5, 0.6) is 5.75 Å². The molecule has 0 aliphatic rings. The standard InChI is InChI=1S/C14H18N2O/c1-8(2)13-7-12(15)11-6-10(17-4)5-9(3)14(11)16-13/h5-8H,1-4H3,(H2,15,16). The maximum Gasteiger partial charge on any atom is 0.119 e. The molecule has 2 rings (SSSR count). The lowest BCUT2D eigenvalue weighted by molar-refractivity contribution is 0.415. The molecule has 1 aromatic carbocycles. The molecule has 0 aliphatic carbocycles. The third kappa shape index (κ3) is 2.05. The molecule has 1 aromatic heterocycles. The fraction of sp³-hybridized carbons (Fsp3) is 0.357. The van der Waals surface area contributed by atoms with Crippen LogP contribution in [-0.2, 0) is 0 Å². The van der Waals surface area contributed by atoms with Gasteiger partial charge in [0.2, 0.25) is 0 Å². The highest BCUT2D eigenvalue weighted by Gasteiger charge is 2.10. The van der Waals surface area contributed by atoms with Crippen molar-refractivity contribution < 1.29 is 4.74 Å². The predicted molar refractivity (Wildman–Crippen MR) is 71.5 cm³/mol. The monoisotopic (exact) mass is 230 g/mol. The number of nitrogen functional groups attached to an aromatic ring is 1. The van der Waals surface area contributed by atoms with E-state index in [0.29, 0.717) is 5.92 Å². The van der Waals surface area contributed by atoms with Crippen molar-refractivity contribution in [2.24, 2.45) is 0 Å². The Hall–Kier alpha value is -1.77. The molecule has 0 fully saturated rings. The molecule has 2 aromatic rings. The minimum absolute atomic E-state index is 0.378. The summed E-state index contributed by atoms with van der Waals surface area (Å²) in [4.78, 5) is 4.67. The Morgan fingerprint density at radius 3 is 2.53 bits per heavy atom. The second kappa shape index (κ2) is 4.24. The maximum absolute atomic E-state index is 6.09. The number of benzene rings is 1. The summed E-state index contributed by atoms with van der Waals surface area (Å²) >= 11 is 0. The number of pyridine rings is 1. The fourth-order valence-corrected chi connectivity index (χ4v) is 1.93. The van der Waals surface area contributed by atoms with Crippen molar-refractivity contribution in [3.05, 3.63) is 29.5 Å². The number of aryl methyl sites for hydroxylation is 1. The average Bonchev–Trinajstić information content (AvgIpc) is 2.29. The van der Waals surface area contributed by atoms with Crippen molar-refractivity contribution in [3.63, 3.8) is 0 Å². The SMILES string of the molecule is COc1cc(C)c2nc(C(C)C)cc(N)c2c1. The van der Waals surface area contributed by atoms with Gasteiger partial charge in [0, 0.05) is 16.8 Å². The van der Waals surface area contributed by atoms with Crippen molar-refractivity contribution in [3.8, 4) is 5.75 Å². The second-order valence-corrected chi connectivity index (χ2v) is 4.63. The first-order chi connectivity index (χ1) is 8.02. The second-order valence-electron chi connectivity index (χ2n) is 4.63. The van der Waals surface area contributed by atoms with E-state index in [1.54, 1.807) is 7.11 Å². The maximum atomic E-state index is 6.09. The molecule has 17 heavy (non-hydrogen) atoms. The number of aromatic nitrogens is 1. The summed E-state index contributed by atoms with van der Waals surface area (Å²) in [5, 5.41) is 0.964. The van der Waals surface area contributed by atoms with Gasteiger partial charge in [0.05, 0.1) is 12.6 Å². The zero-order valence-electron chi connectivity index (χ0n) is 10.7. The highest BCUT2D eigenvalue weighted by molar-refractivity contribution is 5.93.